The fourth-order valence-corrected chi connectivity index (χ4v) is 3.20. The number of nitro benzene ring substituents is 1. The van der Waals surface area contributed by atoms with Crippen LogP contribution in [0.15, 0.2) is 29.4 Å². The summed E-state index contributed by atoms with van der Waals surface area (Å²) in [6, 6.07) is 5.66. The van der Waals surface area contributed by atoms with Crippen LogP contribution in [0.5, 0.6) is 0 Å². The minimum absolute atomic E-state index is 0.102. The smallest absolute Gasteiger partial charge is 0.270 e. The number of carbonyl (C=O) groups excluding carboxylic acids is 2. The van der Waals surface area contributed by atoms with Crippen molar-refractivity contribution >= 4 is 29.1 Å². The van der Waals surface area contributed by atoms with E-state index in [2.05, 4.69) is 15.5 Å². The highest BCUT2D eigenvalue weighted by atomic mass is 32.2. The fourth-order valence-electron chi connectivity index (χ4n) is 2.29. The van der Waals surface area contributed by atoms with Crippen molar-refractivity contribution in [3.8, 4) is 0 Å². The lowest BCUT2D eigenvalue weighted by Crippen LogP contribution is -2.23. The predicted octanol–water partition coefficient (Wildman–Crippen LogP) is 1.86. The zero-order valence-corrected chi connectivity index (χ0v) is 15.3. The minimum Gasteiger partial charge on any atom is -0.356 e. The second-order valence-corrected chi connectivity index (χ2v) is 6.34. The number of amides is 1. The average molecular weight is 377 g/mol. The van der Waals surface area contributed by atoms with E-state index in [1.165, 1.54) is 36.9 Å². The Morgan fingerprint density at radius 1 is 1.35 bits per heavy atom. The molecule has 0 saturated heterocycles. The summed E-state index contributed by atoms with van der Waals surface area (Å²) in [4.78, 5) is 33.5. The molecule has 0 atom stereocenters. The number of ketones is 1. The lowest BCUT2D eigenvalue weighted by molar-refractivity contribution is -0.384. The average Bonchev–Trinajstić information content (AvgIpc) is 3.01. The highest BCUT2D eigenvalue weighted by molar-refractivity contribution is 7.99. The van der Waals surface area contributed by atoms with Gasteiger partial charge in [-0.25, -0.2) is 0 Å². The molecule has 2 aromatic rings. The first-order valence-corrected chi connectivity index (χ1v) is 8.98. The van der Waals surface area contributed by atoms with Gasteiger partial charge in [-0.1, -0.05) is 23.9 Å². The van der Waals surface area contributed by atoms with Crippen molar-refractivity contribution < 1.29 is 14.5 Å². The fraction of sp³-hybridized carbons (Fsp3) is 0.375. The Bertz CT molecular complexity index is 821. The molecule has 1 amide bonds. The number of hydrogen-bond acceptors (Lipinski definition) is 7. The van der Waals surface area contributed by atoms with Gasteiger partial charge >= 0.3 is 0 Å². The summed E-state index contributed by atoms with van der Waals surface area (Å²) in [5, 5.41) is 22.3. The summed E-state index contributed by atoms with van der Waals surface area (Å²) in [6.07, 6.45) is 0.541. The maximum atomic E-state index is 12.3. The predicted molar refractivity (Wildman–Crippen MR) is 96.2 cm³/mol. The maximum absolute atomic E-state index is 12.3. The second-order valence-electron chi connectivity index (χ2n) is 5.40. The van der Waals surface area contributed by atoms with Gasteiger partial charge in [-0.2, -0.15) is 0 Å². The van der Waals surface area contributed by atoms with Crippen molar-refractivity contribution in [2.75, 3.05) is 12.3 Å². The zero-order chi connectivity index (χ0) is 19.1. The number of thioether (sulfide) groups is 1. The summed E-state index contributed by atoms with van der Waals surface area (Å²) in [6.45, 7) is 4.49. The Morgan fingerprint density at radius 3 is 2.77 bits per heavy atom. The standard InChI is InChI=1S/C16H19N5O4S/c1-3-20-15(7-8-17-11(2)22)18-19-16(20)26-10-14(23)12-5-4-6-13(9-12)21(24)25/h4-6,9H,3,7-8,10H2,1-2H3,(H,17,22). The third kappa shape index (κ3) is 5.12. The number of Topliss-reactive ketones (excluding diaryl/α,β-unsaturated/α-hetero) is 1. The van der Waals surface area contributed by atoms with Crippen molar-refractivity contribution in [3.63, 3.8) is 0 Å². The van der Waals surface area contributed by atoms with E-state index < -0.39 is 4.92 Å². The second kappa shape index (κ2) is 9.09. The number of nitrogens with one attached hydrogen (secondary N) is 1. The van der Waals surface area contributed by atoms with Gasteiger partial charge in [-0.05, 0) is 6.92 Å². The van der Waals surface area contributed by atoms with E-state index in [0.717, 1.165) is 5.82 Å². The molecule has 10 heteroatoms. The summed E-state index contributed by atoms with van der Waals surface area (Å²) in [7, 11) is 0. The molecule has 9 nitrogen and oxygen atoms in total. The molecule has 1 aromatic heterocycles. The molecule has 0 radical (unpaired) electrons. The quantitative estimate of drug-likeness (QED) is 0.306. The maximum Gasteiger partial charge on any atom is 0.270 e. The van der Waals surface area contributed by atoms with Gasteiger partial charge in [0, 0.05) is 44.1 Å². The third-order valence-corrected chi connectivity index (χ3v) is 4.51. The van der Waals surface area contributed by atoms with Gasteiger partial charge in [0.05, 0.1) is 10.7 Å². The molecule has 2 rings (SSSR count). The Morgan fingerprint density at radius 2 is 2.12 bits per heavy atom. The molecule has 26 heavy (non-hydrogen) atoms. The molecule has 0 saturated carbocycles. The van der Waals surface area contributed by atoms with Crippen molar-refractivity contribution in [3.05, 3.63) is 45.8 Å². The third-order valence-electron chi connectivity index (χ3n) is 3.54. The van der Waals surface area contributed by atoms with Crippen LogP contribution in [0.3, 0.4) is 0 Å². The first kappa shape index (κ1) is 19.6. The molecule has 138 valence electrons. The molecular weight excluding hydrogens is 358 g/mol. The van der Waals surface area contributed by atoms with Gasteiger partial charge in [0.15, 0.2) is 10.9 Å². The largest absolute Gasteiger partial charge is 0.356 e. The van der Waals surface area contributed by atoms with Crippen molar-refractivity contribution in [2.24, 2.45) is 0 Å². The molecule has 0 aliphatic heterocycles. The number of hydrogen-bond donors (Lipinski definition) is 1. The SMILES string of the molecule is CCn1c(CCNC(C)=O)nnc1SCC(=O)c1cccc([N+](=O)[O-])c1. The van der Waals surface area contributed by atoms with E-state index >= 15 is 0 Å². The summed E-state index contributed by atoms with van der Waals surface area (Å²) >= 11 is 1.23. The van der Waals surface area contributed by atoms with E-state index in [4.69, 9.17) is 0 Å². The molecule has 1 N–H and O–H groups in total. The van der Waals surface area contributed by atoms with Gasteiger partial charge in [0.25, 0.3) is 5.69 Å². The lowest BCUT2D eigenvalue weighted by Gasteiger charge is -2.07. The van der Waals surface area contributed by atoms with Crippen LogP contribution in [0.1, 0.15) is 30.0 Å². The Kier molecular flexibility index (Phi) is 6.84. The van der Waals surface area contributed by atoms with Crippen LogP contribution in [0.25, 0.3) is 0 Å². The van der Waals surface area contributed by atoms with Crippen LogP contribution in [-0.4, -0.2) is 43.7 Å². The van der Waals surface area contributed by atoms with Gasteiger partial charge in [-0.15, -0.1) is 10.2 Å². The van der Waals surface area contributed by atoms with Crippen molar-refractivity contribution in [2.45, 2.75) is 32.0 Å². The monoisotopic (exact) mass is 377 g/mol. The highest BCUT2D eigenvalue weighted by Crippen LogP contribution is 2.20. The summed E-state index contributed by atoms with van der Waals surface area (Å²) in [5.41, 5.74) is 0.179. The summed E-state index contributed by atoms with van der Waals surface area (Å²) < 4.78 is 1.88. The number of rotatable bonds is 9. The first-order chi connectivity index (χ1) is 12.4. The van der Waals surface area contributed by atoms with E-state index in [1.807, 2.05) is 11.5 Å². The molecule has 1 aromatic carbocycles. The Labute approximate surface area is 154 Å². The topological polar surface area (TPSA) is 120 Å². The molecular formula is C16H19N5O4S. The van der Waals surface area contributed by atoms with Crippen LogP contribution in [0, 0.1) is 10.1 Å². The molecule has 0 bridgehead atoms. The first-order valence-electron chi connectivity index (χ1n) is 7.99. The van der Waals surface area contributed by atoms with E-state index in [9.17, 15) is 19.7 Å². The van der Waals surface area contributed by atoms with Gasteiger partial charge in [0.2, 0.25) is 5.91 Å². The molecule has 0 aliphatic rings. The van der Waals surface area contributed by atoms with Gasteiger partial charge in [0.1, 0.15) is 5.82 Å². The van der Waals surface area contributed by atoms with Crippen LogP contribution in [0.4, 0.5) is 5.69 Å². The highest BCUT2D eigenvalue weighted by Gasteiger charge is 2.15. The molecule has 0 unspecified atom stereocenters. The zero-order valence-electron chi connectivity index (χ0n) is 14.5. The number of nitrogens with zero attached hydrogens (tertiary/aromatic N) is 4. The molecule has 0 aliphatic carbocycles. The van der Waals surface area contributed by atoms with Crippen molar-refractivity contribution in [1.82, 2.24) is 20.1 Å². The van der Waals surface area contributed by atoms with E-state index in [1.54, 1.807) is 6.07 Å². The van der Waals surface area contributed by atoms with Crippen LogP contribution in [-0.2, 0) is 17.8 Å². The van der Waals surface area contributed by atoms with Crippen LogP contribution < -0.4 is 5.32 Å². The lowest BCUT2D eigenvalue weighted by atomic mass is 10.1. The van der Waals surface area contributed by atoms with E-state index in [-0.39, 0.29) is 23.1 Å². The van der Waals surface area contributed by atoms with Crippen LogP contribution >= 0.6 is 11.8 Å². The minimum atomic E-state index is -0.529. The number of benzene rings is 1. The molecule has 1 heterocycles. The number of aromatic nitrogens is 3. The van der Waals surface area contributed by atoms with Gasteiger partial charge in [-0.3, -0.25) is 19.7 Å². The van der Waals surface area contributed by atoms with Crippen LogP contribution in [0.2, 0.25) is 0 Å². The Hall–Kier alpha value is -2.75. The molecule has 0 fully saturated rings. The summed E-state index contributed by atoms with van der Waals surface area (Å²) in [5.74, 6) is 0.505. The number of nitro groups is 1. The number of carbonyl (C=O) groups is 2. The number of non-ortho nitro benzene ring substituents is 1. The van der Waals surface area contributed by atoms with E-state index in [0.29, 0.717) is 30.2 Å². The van der Waals surface area contributed by atoms with Crippen molar-refractivity contribution in [1.29, 1.82) is 0 Å². The molecule has 0 spiro atoms. The normalized spacial score (nSPS) is 10.5. The van der Waals surface area contributed by atoms with Gasteiger partial charge < -0.3 is 9.88 Å². The Balaban J connectivity index is 2.01.